The van der Waals surface area contributed by atoms with Gasteiger partial charge in [0.1, 0.15) is 0 Å². The van der Waals surface area contributed by atoms with Gasteiger partial charge >= 0.3 is 0 Å². The van der Waals surface area contributed by atoms with Crippen LogP contribution in [-0.4, -0.2) is 30.5 Å². The van der Waals surface area contributed by atoms with Crippen LogP contribution in [0.4, 0.5) is 11.4 Å². The number of hydrogen-bond donors (Lipinski definition) is 3. The van der Waals surface area contributed by atoms with E-state index in [1.54, 1.807) is 0 Å². The number of nitrogens with one attached hydrogen (secondary N) is 1. The van der Waals surface area contributed by atoms with E-state index in [9.17, 15) is 5.11 Å². The summed E-state index contributed by atoms with van der Waals surface area (Å²) < 4.78 is 6.15. The molecule has 1 aromatic rings. The first-order chi connectivity index (χ1) is 8.09. The number of hydrogen-bond acceptors (Lipinski definition) is 4. The van der Waals surface area contributed by atoms with Gasteiger partial charge in [-0.1, -0.05) is 0 Å². The molecule has 1 fully saturated rings. The predicted octanol–water partition coefficient (Wildman–Crippen LogP) is 1.98. The van der Waals surface area contributed by atoms with Gasteiger partial charge in [-0.05, 0) is 34.1 Å². The molecule has 0 saturated carbocycles. The molecule has 1 aromatic carbocycles. The molecular formula is C12H17BrN2O2. The zero-order chi connectivity index (χ0) is 12.3. The second kappa shape index (κ2) is 5.25. The number of halogens is 1. The number of aliphatic hydroxyl groups is 1. The number of benzene rings is 1. The van der Waals surface area contributed by atoms with Gasteiger partial charge in [0.25, 0.3) is 0 Å². The summed E-state index contributed by atoms with van der Waals surface area (Å²) in [5.41, 5.74) is 6.66. The van der Waals surface area contributed by atoms with Crippen molar-refractivity contribution in [2.45, 2.75) is 18.4 Å². The number of anilines is 2. The summed E-state index contributed by atoms with van der Waals surface area (Å²) in [6.45, 7) is 1.78. The van der Waals surface area contributed by atoms with Gasteiger partial charge in [0.15, 0.2) is 0 Å². The van der Waals surface area contributed by atoms with Crippen LogP contribution in [0, 0.1) is 0 Å². The van der Waals surface area contributed by atoms with Crippen molar-refractivity contribution < 1.29 is 9.84 Å². The van der Waals surface area contributed by atoms with Gasteiger partial charge in [0.05, 0.1) is 5.60 Å². The van der Waals surface area contributed by atoms with Gasteiger partial charge in [-0.2, -0.15) is 0 Å². The lowest BCUT2D eigenvalue weighted by Gasteiger charge is -2.32. The van der Waals surface area contributed by atoms with Gasteiger partial charge < -0.3 is 20.9 Å². The smallest absolute Gasteiger partial charge is 0.0863 e. The van der Waals surface area contributed by atoms with Gasteiger partial charge in [-0.3, -0.25) is 0 Å². The fourth-order valence-electron chi connectivity index (χ4n) is 1.86. The minimum Gasteiger partial charge on any atom is -0.399 e. The Balaban J connectivity index is 1.97. The second-order valence-electron chi connectivity index (χ2n) is 4.43. The van der Waals surface area contributed by atoms with Gasteiger partial charge in [-0.15, -0.1) is 0 Å². The first-order valence-electron chi connectivity index (χ1n) is 5.68. The highest BCUT2D eigenvalue weighted by molar-refractivity contribution is 9.10. The fraction of sp³-hybridized carbons (Fsp3) is 0.500. The predicted molar refractivity (Wildman–Crippen MR) is 72.0 cm³/mol. The zero-order valence-corrected chi connectivity index (χ0v) is 11.2. The van der Waals surface area contributed by atoms with E-state index in [1.165, 1.54) is 0 Å². The number of rotatable bonds is 3. The van der Waals surface area contributed by atoms with Crippen LogP contribution in [0.3, 0.4) is 0 Å². The van der Waals surface area contributed by atoms with Crippen molar-refractivity contribution in [3.8, 4) is 0 Å². The molecule has 2 rings (SSSR count). The number of ether oxygens (including phenoxy) is 1. The maximum Gasteiger partial charge on any atom is 0.0863 e. The molecule has 1 heterocycles. The molecule has 1 aliphatic heterocycles. The third-order valence-electron chi connectivity index (χ3n) is 3.02. The van der Waals surface area contributed by atoms with Crippen molar-refractivity contribution in [2.75, 3.05) is 30.8 Å². The van der Waals surface area contributed by atoms with E-state index in [-0.39, 0.29) is 0 Å². The molecule has 0 amide bonds. The Hall–Kier alpha value is -0.780. The Morgan fingerprint density at radius 1 is 1.41 bits per heavy atom. The molecule has 0 unspecified atom stereocenters. The lowest BCUT2D eigenvalue weighted by molar-refractivity contribution is -0.0543. The Morgan fingerprint density at radius 3 is 2.76 bits per heavy atom. The van der Waals surface area contributed by atoms with E-state index in [0.29, 0.717) is 38.3 Å². The lowest BCUT2D eigenvalue weighted by atomic mass is 9.94. The summed E-state index contributed by atoms with van der Waals surface area (Å²) >= 11 is 3.44. The largest absolute Gasteiger partial charge is 0.399 e. The molecule has 1 aliphatic rings. The Morgan fingerprint density at radius 2 is 2.12 bits per heavy atom. The summed E-state index contributed by atoms with van der Waals surface area (Å²) in [7, 11) is 0. The van der Waals surface area contributed by atoms with Crippen LogP contribution in [0.5, 0.6) is 0 Å². The van der Waals surface area contributed by atoms with Crippen LogP contribution in [0.2, 0.25) is 0 Å². The van der Waals surface area contributed by atoms with Gasteiger partial charge in [0.2, 0.25) is 0 Å². The SMILES string of the molecule is Nc1ccc(NCC2(O)CCOCC2)c(Br)c1. The molecule has 4 N–H and O–H groups in total. The van der Waals surface area contributed by atoms with E-state index in [1.807, 2.05) is 18.2 Å². The van der Waals surface area contributed by atoms with Crippen molar-refractivity contribution in [1.82, 2.24) is 0 Å². The minimum atomic E-state index is -0.668. The molecule has 94 valence electrons. The van der Waals surface area contributed by atoms with Crippen LogP contribution in [-0.2, 0) is 4.74 Å². The Labute approximate surface area is 109 Å². The quantitative estimate of drug-likeness (QED) is 0.747. The molecule has 17 heavy (non-hydrogen) atoms. The molecule has 0 spiro atoms. The minimum absolute atomic E-state index is 0.527. The molecular weight excluding hydrogens is 284 g/mol. The average molecular weight is 301 g/mol. The van der Waals surface area contributed by atoms with Crippen LogP contribution in [0.1, 0.15) is 12.8 Å². The summed E-state index contributed by atoms with van der Waals surface area (Å²) in [6, 6.07) is 5.58. The molecule has 5 heteroatoms. The van der Waals surface area contributed by atoms with Gasteiger partial charge in [0, 0.05) is 48.4 Å². The molecule has 0 bridgehead atoms. The van der Waals surface area contributed by atoms with Crippen molar-refractivity contribution in [1.29, 1.82) is 0 Å². The molecule has 0 aliphatic carbocycles. The van der Waals surface area contributed by atoms with Crippen molar-refractivity contribution in [3.63, 3.8) is 0 Å². The van der Waals surface area contributed by atoms with Crippen molar-refractivity contribution in [3.05, 3.63) is 22.7 Å². The van der Waals surface area contributed by atoms with E-state index >= 15 is 0 Å². The first kappa shape index (κ1) is 12.7. The molecule has 0 atom stereocenters. The van der Waals surface area contributed by atoms with Crippen molar-refractivity contribution in [2.24, 2.45) is 0 Å². The van der Waals surface area contributed by atoms with E-state index in [2.05, 4.69) is 21.2 Å². The highest BCUT2D eigenvalue weighted by Crippen LogP contribution is 2.27. The third-order valence-corrected chi connectivity index (χ3v) is 3.68. The van der Waals surface area contributed by atoms with Crippen LogP contribution in [0.25, 0.3) is 0 Å². The molecule has 4 nitrogen and oxygen atoms in total. The Kier molecular flexibility index (Phi) is 3.91. The maximum atomic E-state index is 10.3. The fourth-order valence-corrected chi connectivity index (χ4v) is 2.40. The topological polar surface area (TPSA) is 67.5 Å². The Bertz CT molecular complexity index is 392. The molecule has 0 radical (unpaired) electrons. The van der Waals surface area contributed by atoms with Crippen LogP contribution in [0.15, 0.2) is 22.7 Å². The van der Waals surface area contributed by atoms with E-state index < -0.39 is 5.60 Å². The highest BCUT2D eigenvalue weighted by Gasteiger charge is 2.29. The third kappa shape index (κ3) is 3.34. The zero-order valence-electron chi connectivity index (χ0n) is 9.58. The molecule has 0 aromatic heterocycles. The summed E-state index contributed by atoms with van der Waals surface area (Å²) in [6.07, 6.45) is 1.35. The van der Waals surface area contributed by atoms with E-state index in [4.69, 9.17) is 10.5 Å². The summed E-state index contributed by atoms with van der Waals surface area (Å²) in [5, 5.41) is 13.5. The van der Waals surface area contributed by atoms with Crippen LogP contribution < -0.4 is 11.1 Å². The average Bonchev–Trinajstić information content (AvgIpc) is 2.29. The normalized spacial score (nSPS) is 18.9. The monoisotopic (exact) mass is 300 g/mol. The van der Waals surface area contributed by atoms with Crippen molar-refractivity contribution >= 4 is 27.3 Å². The van der Waals surface area contributed by atoms with E-state index in [0.717, 1.165) is 10.2 Å². The lowest BCUT2D eigenvalue weighted by Crippen LogP contribution is -2.42. The number of nitrogens with two attached hydrogens (primary N) is 1. The van der Waals surface area contributed by atoms with Crippen LogP contribution >= 0.6 is 15.9 Å². The second-order valence-corrected chi connectivity index (χ2v) is 5.28. The summed E-state index contributed by atoms with van der Waals surface area (Å²) in [4.78, 5) is 0. The number of nitrogen functional groups attached to an aromatic ring is 1. The maximum absolute atomic E-state index is 10.3. The van der Waals surface area contributed by atoms with Gasteiger partial charge in [-0.25, -0.2) is 0 Å². The standard InChI is InChI=1S/C12H17BrN2O2/c13-10-7-9(14)1-2-11(10)15-8-12(16)3-5-17-6-4-12/h1-2,7,15-16H,3-6,8,14H2. The molecule has 1 saturated heterocycles. The first-order valence-corrected chi connectivity index (χ1v) is 6.47. The summed E-state index contributed by atoms with van der Waals surface area (Å²) in [5.74, 6) is 0. The highest BCUT2D eigenvalue weighted by atomic mass is 79.9.